The first kappa shape index (κ1) is 18.8. The first-order valence-electron chi connectivity index (χ1n) is 9.62. The van der Waals surface area contributed by atoms with Gasteiger partial charge in [-0.3, -0.25) is 4.68 Å². The Kier molecular flexibility index (Phi) is 5.08. The number of hydrogen-bond donors (Lipinski definition) is 0. The summed E-state index contributed by atoms with van der Waals surface area (Å²) in [6.45, 7) is 6.76. The van der Waals surface area contributed by atoms with Crippen LogP contribution in [-0.2, 0) is 17.8 Å². The number of nitrogens with zero attached hydrogens (tertiary/aromatic N) is 4. The number of aryl methyl sites for hydroxylation is 3. The van der Waals surface area contributed by atoms with Gasteiger partial charge in [0, 0.05) is 18.5 Å². The fourth-order valence-electron chi connectivity index (χ4n) is 3.47. The van der Waals surface area contributed by atoms with Gasteiger partial charge in [0.25, 0.3) is 5.89 Å². The van der Waals surface area contributed by atoms with Crippen molar-refractivity contribution in [1.82, 2.24) is 19.9 Å². The van der Waals surface area contributed by atoms with E-state index in [2.05, 4.69) is 34.3 Å². The van der Waals surface area contributed by atoms with Crippen molar-refractivity contribution < 1.29 is 9.32 Å². The number of hydrogen-bond acceptors (Lipinski definition) is 5. The average molecular weight is 386 g/mol. The Morgan fingerprint density at radius 1 is 1.07 bits per heavy atom. The molecule has 2 aromatic carbocycles. The van der Waals surface area contributed by atoms with Crippen molar-refractivity contribution in [1.29, 1.82) is 0 Å². The fourth-order valence-corrected chi connectivity index (χ4v) is 3.47. The van der Waals surface area contributed by atoms with Crippen LogP contribution in [0.4, 0.5) is 0 Å². The topological polar surface area (TPSA) is 73.8 Å². The van der Waals surface area contributed by atoms with E-state index in [0.717, 1.165) is 46.3 Å². The minimum absolute atomic E-state index is 0.387. The van der Waals surface area contributed by atoms with Crippen molar-refractivity contribution in [2.45, 2.75) is 33.7 Å². The summed E-state index contributed by atoms with van der Waals surface area (Å²) in [4.78, 5) is 15.4. The molecule has 4 rings (SSSR count). The molecule has 0 N–H and O–H groups in total. The highest BCUT2D eigenvalue weighted by atomic mass is 16.5. The summed E-state index contributed by atoms with van der Waals surface area (Å²) in [7, 11) is 0. The van der Waals surface area contributed by atoms with Gasteiger partial charge in [0.1, 0.15) is 6.29 Å². The van der Waals surface area contributed by atoms with E-state index in [9.17, 15) is 4.79 Å². The highest BCUT2D eigenvalue weighted by molar-refractivity contribution is 5.68. The van der Waals surface area contributed by atoms with Crippen molar-refractivity contribution >= 4 is 6.29 Å². The minimum Gasteiger partial charge on any atom is -0.332 e. The molecule has 2 heterocycles. The fraction of sp³-hybridized carbons (Fsp3) is 0.217. The molecule has 4 aromatic rings. The number of carbonyl (C=O) groups excluding carboxylic acids is 1. The monoisotopic (exact) mass is 386 g/mol. The van der Waals surface area contributed by atoms with E-state index in [0.29, 0.717) is 23.8 Å². The second-order valence-electron chi connectivity index (χ2n) is 6.98. The van der Waals surface area contributed by atoms with Crippen molar-refractivity contribution in [3.63, 3.8) is 0 Å². The molecule has 0 amide bonds. The van der Waals surface area contributed by atoms with E-state index < -0.39 is 0 Å². The zero-order valence-corrected chi connectivity index (χ0v) is 16.7. The maximum Gasteiger partial charge on any atom is 0.278 e. The normalized spacial score (nSPS) is 11.0. The third kappa shape index (κ3) is 3.61. The number of carbonyl (C=O) groups is 1. The van der Waals surface area contributed by atoms with Gasteiger partial charge in [-0.1, -0.05) is 41.6 Å². The number of aldehydes is 1. The van der Waals surface area contributed by atoms with Gasteiger partial charge < -0.3 is 9.32 Å². The standard InChI is InChI=1S/C23H22N4O2/c1-4-27-21(17-8-6-5-7-9-17)14-20(25-27)23-24-22(26-29-23)19-13-15(2)18(10-11-28)12-16(19)3/h5-9,11-14H,4,10H2,1-3H3. The smallest absolute Gasteiger partial charge is 0.278 e. The minimum atomic E-state index is 0.387. The average Bonchev–Trinajstić information content (AvgIpc) is 3.38. The lowest BCUT2D eigenvalue weighted by atomic mass is 9.98. The molecule has 0 unspecified atom stereocenters. The highest BCUT2D eigenvalue weighted by Gasteiger charge is 2.18. The highest BCUT2D eigenvalue weighted by Crippen LogP contribution is 2.29. The van der Waals surface area contributed by atoms with Crippen molar-refractivity contribution in [3.05, 3.63) is 65.2 Å². The van der Waals surface area contributed by atoms with Crippen molar-refractivity contribution in [2.24, 2.45) is 0 Å². The van der Waals surface area contributed by atoms with Crippen LogP contribution >= 0.6 is 0 Å². The molecule has 0 fully saturated rings. The predicted molar refractivity (Wildman–Crippen MR) is 111 cm³/mol. The molecule has 0 saturated heterocycles. The molecule has 0 saturated carbocycles. The Bertz CT molecular complexity index is 1160. The van der Waals surface area contributed by atoms with Crippen LogP contribution in [-0.4, -0.2) is 26.2 Å². The van der Waals surface area contributed by atoms with Gasteiger partial charge in [-0.15, -0.1) is 0 Å². The Hall–Kier alpha value is -3.54. The molecule has 0 aliphatic carbocycles. The molecule has 0 aliphatic heterocycles. The van der Waals surface area contributed by atoms with E-state index in [-0.39, 0.29) is 0 Å². The lowest BCUT2D eigenvalue weighted by molar-refractivity contribution is -0.107. The van der Waals surface area contributed by atoms with E-state index in [4.69, 9.17) is 4.52 Å². The van der Waals surface area contributed by atoms with Gasteiger partial charge in [0.05, 0.1) is 5.69 Å². The number of aromatic nitrogens is 4. The van der Waals surface area contributed by atoms with Gasteiger partial charge in [0.2, 0.25) is 5.82 Å². The molecule has 0 bridgehead atoms. The third-order valence-electron chi connectivity index (χ3n) is 5.02. The lowest BCUT2D eigenvalue weighted by Crippen LogP contribution is -1.99. The molecule has 29 heavy (non-hydrogen) atoms. The van der Waals surface area contributed by atoms with Crippen LogP contribution in [0.25, 0.3) is 34.2 Å². The van der Waals surface area contributed by atoms with Gasteiger partial charge in [0.15, 0.2) is 5.69 Å². The first-order chi connectivity index (χ1) is 14.1. The lowest BCUT2D eigenvalue weighted by Gasteiger charge is -2.07. The van der Waals surface area contributed by atoms with E-state index >= 15 is 0 Å². The zero-order valence-electron chi connectivity index (χ0n) is 16.7. The largest absolute Gasteiger partial charge is 0.332 e. The van der Waals surface area contributed by atoms with Crippen LogP contribution in [0.3, 0.4) is 0 Å². The van der Waals surface area contributed by atoms with Gasteiger partial charge in [-0.2, -0.15) is 10.1 Å². The SMILES string of the molecule is CCn1nc(-c2nc(-c3cc(C)c(CC=O)cc3C)no2)cc1-c1ccccc1. The zero-order chi connectivity index (χ0) is 20.4. The van der Waals surface area contributed by atoms with Crippen LogP contribution in [0, 0.1) is 13.8 Å². The summed E-state index contributed by atoms with van der Waals surface area (Å²) in [6, 6.07) is 16.1. The van der Waals surface area contributed by atoms with E-state index in [1.165, 1.54) is 0 Å². The first-order valence-corrected chi connectivity index (χ1v) is 9.62. The molecule has 0 aliphatic rings. The van der Waals surface area contributed by atoms with Crippen molar-refractivity contribution in [3.8, 4) is 34.2 Å². The summed E-state index contributed by atoms with van der Waals surface area (Å²) in [5, 5.41) is 8.82. The summed E-state index contributed by atoms with van der Waals surface area (Å²) in [6.07, 6.45) is 1.32. The van der Waals surface area contributed by atoms with Gasteiger partial charge >= 0.3 is 0 Å². The molecule has 0 spiro atoms. The summed E-state index contributed by atoms with van der Waals surface area (Å²) >= 11 is 0. The number of rotatable bonds is 6. The Balaban J connectivity index is 1.71. The van der Waals surface area contributed by atoms with Crippen molar-refractivity contribution in [2.75, 3.05) is 0 Å². The molecule has 0 atom stereocenters. The summed E-state index contributed by atoms with van der Waals surface area (Å²) < 4.78 is 7.46. The van der Waals surface area contributed by atoms with Gasteiger partial charge in [-0.05, 0) is 55.2 Å². The van der Waals surface area contributed by atoms with Crippen LogP contribution in [0.1, 0.15) is 23.6 Å². The summed E-state index contributed by atoms with van der Waals surface area (Å²) in [5.41, 5.74) is 6.69. The predicted octanol–water partition coefficient (Wildman–Crippen LogP) is 4.65. The van der Waals surface area contributed by atoms with Crippen LogP contribution in [0.5, 0.6) is 0 Å². The van der Waals surface area contributed by atoms with Crippen LogP contribution < -0.4 is 0 Å². The second-order valence-corrected chi connectivity index (χ2v) is 6.98. The number of benzene rings is 2. The molecule has 6 nitrogen and oxygen atoms in total. The van der Waals surface area contributed by atoms with Crippen LogP contribution in [0.2, 0.25) is 0 Å². The van der Waals surface area contributed by atoms with E-state index in [1.54, 1.807) is 0 Å². The second kappa shape index (κ2) is 7.83. The van der Waals surface area contributed by atoms with E-state index in [1.807, 2.05) is 54.9 Å². The molecule has 6 heteroatoms. The van der Waals surface area contributed by atoms with Gasteiger partial charge in [-0.25, -0.2) is 0 Å². The maximum atomic E-state index is 10.9. The van der Waals surface area contributed by atoms with Crippen LogP contribution in [0.15, 0.2) is 53.1 Å². The molecular weight excluding hydrogens is 364 g/mol. The molecule has 0 radical (unpaired) electrons. The third-order valence-corrected chi connectivity index (χ3v) is 5.02. The Labute approximate surface area is 169 Å². The Morgan fingerprint density at radius 2 is 1.86 bits per heavy atom. The maximum absolute atomic E-state index is 10.9. The molecule has 2 aromatic heterocycles. The molecular formula is C23H22N4O2. The quantitative estimate of drug-likeness (QED) is 0.451. The summed E-state index contributed by atoms with van der Waals surface area (Å²) in [5.74, 6) is 0.906. The Morgan fingerprint density at radius 3 is 2.59 bits per heavy atom. The molecule has 146 valence electrons.